The molecule has 4 rings (SSSR count). The zero-order chi connectivity index (χ0) is 23.8. The van der Waals surface area contributed by atoms with Crippen LogP contribution >= 0.6 is 11.8 Å². The van der Waals surface area contributed by atoms with E-state index in [1.54, 1.807) is 0 Å². The van der Waals surface area contributed by atoms with Gasteiger partial charge in [0.25, 0.3) is 0 Å². The lowest BCUT2D eigenvalue weighted by Gasteiger charge is -2.42. The van der Waals surface area contributed by atoms with Gasteiger partial charge in [-0.1, -0.05) is 52.5 Å². The van der Waals surface area contributed by atoms with Gasteiger partial charge in [-0.3, -0.25) is 0 Å². The Morgan fingerprint density at radius 3 is 2.42 bits per heavy atom. The Kier molecular flexibility index (Phi) is 7.50. The zero-order valence-corrected chi connectivity index (χ0v) is 22.2. The van der Waals surface area contributed by atoms with Crippen LogP contribution in [0.25, 0.3) is 5.57 Å². The summed E-state index contributed by atoms with van der Waals surface area (Å²) in [5, 5.41) is 15.8. The van der Waals surface area contributed by atoms with E-state index in [0.29, 0.717) is 5.92 Å². The van der Waals surface area contributed by atoms with Crippen LogP contribution in [-0.2, 0) is 10.8 Å². The minimum absolute atomic E-state index is 0.179. The molecule has 2 atom stereocenters. The Morgan fingerprint density at radius 2 is 1.79 bits per heavy atom. The Morgan fingerprint density at radius 1 is 1.12 bits per heavy atom. The quantitative estimate of drug-likeness (QED) is 0.530. The first kappa shape index (κ1) is 25.0. The second-order valence-corrected chi connectivity index (χ2v) is 12.9. The van der Waals surface area contributed by atoms with Crippen LogP contribution < -0.4 is 5.32 Å². The molecule has 0 unspecified atom stereocenters. The highest BCUT2D eigenvalue weighted by Gasteiger charge is 2.37. The van der Waals surface area contributed by atoms with E-state index in [1.165, 1.54) is 52.9 Å². The number of aliphatic hydroxyl groups excluding tert-OH is 1. The van der Waals surface area contributed by atoms with Gasteiger partial charge in [0, 0.05) is 12.6 Å². The lowest BCUT2D eigenvalue weighted by atomic mass is 9.63. The number of fused-ring (bicyclic) bond motifs is 1. The van der Waals surface area contributed by atoms with E-state index >= 15 is 0 Å². The standard InChI is InChI=1S/C29H44N2OS/c1-20(23-7-8-24-25(17-23)29(5,6)13-12-28(24,3)4)19-33-21(2)22-10-15-31(16-11-22)18-26-27(32)9-14-30-26/h7-8,17,19,22,26-27,30,32H,2,9-16,18H2,1,3-6H3/b20-19+/t26-,27+/m1/s1. The maximum Gasteiger partial charge on any atom is 0.0717 e. The van der Waals surface area contributed by atoms with Crippen LogP contribution in [0.1, 0.15) is 83.4 Å². The number of hydrogen-bond acceptors (Lipinski definition) is 4. The predicted molar refractivity (Wildman–Crippen MR) is 144 cm³/mol. The Hall–Kier alpha value is -1.07. The Bertz CT molecular complexity index is 895. The van der Waals surface area contributed by atoms with Crippen molar-refractivity contribution in [1.29, 1.82) is 0 Å². The molecular weight excluding hydrogens is 424 g/mol. The largest absolute Gasteiger partial charge is 0.391 e. The number of thioether (sulfide) groups is 1. The summed E-state index contributed by atoms with van der Waals surface area (Å²) in [5.41, 5.74) is 6.25. The molecule has 2 saturated heterocycles. The van der Waals surface area contributed by atoms with Crippen molar-refractivity contribution < 1.29 is 5.11 Å². The zero-order valence-electron chi connectivity index (χ0n) is 21.4. The van der Waals surface area contributed by atoms with Crippen molar-refractivity contribution in [2.45, 2.75) is 89.7 Å². The van der Waals surface area contributed by atoms with E-state index in [4.69, 9.17) is 0 Å². The van der Waals surface area contributed by atoms with E-state index in [-0.39, 0.29) is 23.0 Å². The molecule has 2 fully saturated rings. The van der Waals surface area contributed by atoms with Gasteiger partial charge in [-0.25, -0.2) is 0 Å². The summed E-state index contributed by atoms with van der Waals surface area (Å²) < 4.78 is 0. The van der Waals surface area contributed by atoms with Gasteiger partial charge in [-0.05, 0) is 108 Å². The topological polar surface area (TPSA) is 35.5 Å². The van der Waals surface area contributed by atoms with E-state index < -0.39 is 0 Å². The number of piperidine rings is 1. The van der Waals surface area contributed by atoms with Gasteiger partial charge in [0.2, 0.25) is 0 Å². The average molecular weight is 469 g/mol. The summed E-state index contributed by atoms with van der Waals surface area (Å²) in [6.07, 6.45) is 5.56. The lowest BCUT2D eigenvalue weighted by molar-refractivity contribution is 0.116. The maximum absolute atomic E-state index is 10.1. The average Bonchev–Trinajstić information content (AvgIpc) is 3.19. The van der Waals surface area contributed by atoms with Crippen LogP contribution in [-0.4, -0.2) is 48.3 Å². The number of nitrogens with zero attached hydrogens (tertiary/aromatic N) is 1. The van der Waals surface area contributed by atoms with Crippen molar-refractivity contribution in [3.63, 3.8) is 0 Å². The highest BCUT2D eigenvalue weighted by molar-refractivity contribution is 8.06. The summed E-state index contributed by atoms with van der Waals surface area (Å²) in [7, 11) is 0. The molecule has 3 aliphatic rings. The van der Waals surface area contributed by atoms with Crippen LogP contribution in [0, 0.1) is 5.92 Å². The van der Waals surface area contributed by atoms with Crippen molar-refractivity contribution in [2.24, 2.45) is 5.92 Å². The minimum atomic E-state index is -0.179. The van der Waals surface area contributed by atoms with Crippen molar-refractivity contribution in [2.75, 3.05) is 26.2 Å². The lowest BCUT2D eigenvalue weighted by Crippen LogP contribution is -2.45. The molecule has 0 amide bonds. The van der Waals surface area contributed by atoms with Gasteiger partial charge >= 0.3 is 0 Å². The van der Waals surface area contributed by atoms with Crippen LogP contribution in [0.3, 0.4) is 0 Å². The smallest absolute Gasteiger partial charge is 0.0717 e. The Labute approximate surface area is 206 Å². The summed E-state index contributed by atoms with van der Waals surface area (Å²) in [6, 6.07) is 7.40. The van der Waals surface area contributed by atoms with Gasteiger partial charge in [0.05, 0.1) is 6.10 Å². The molecule has 1 aromatic carbocycles. The van der Waals surface area contributed by atoms with E-state index in [0.717, 1.165) is 32.6 Å². The summed E-state index contributed by atoms with van der Waals surface area (Å²) in [5.74, 6) is 0.583. The minimum Gasteiger partial charge on any atom is -0.391 e. The molecular formula is C29H44N2OS. The number of hydrogen-bond donors (Lipinski definition) is 2. The number of likely N-dealkylation sites (tertiary alicyclic amines) is 1. The first-order valence-electron chi connectivity index (χ1n) is 12.9. The first-order valence-corrected chi connectivity index (χ1v) is 13.8. The summed E-state index contributed by atoms with van der Waals surface area (Å²) >= 11 is 1.83. The highest BCUT2D eigenvalue weighted by atomic mass is 32.2. The molecule has 0 spiro atoms. The molecule has 3 nitrogen and oxygen atoms in total. The molecule has 182 valence electrons. The van der Waals surface area contributed by atoms with Crippen LogP contribution in [0.15, 0.2) is 35.1 Å². The van der Waals surface area contributed by atoms with Crippen molar-refractivity contribution in [3.8, 4) is 0 Å². The van der Waals surface area contributed by atoms with Gasteiger partial charge in [0.1, 0.15) is 0 Å². The van der Waals surface area contributed by atoms with Gasteiger partial charge in [-0.2, -0.15) is 0 Å². The van der Waals surface area contributed by atoms with Crippen molar-refractivity contribution in [3.05, 3.63) is 51.8 Å². The second-order valence-electron chi connectivity index (χ2n) is 11.9. The van der Waals surface area contributed by atoms with Crippen molar-refractivity contribution in [1.82, 2.24) is 10.2 Å². The number of aliphatic hydroxyl groups is 1. The molecule has 0 aromatic heterocycles. The van der Waals surface area contributed by atoms with Crippen LogP contribution in [0.5, 0.6) is 0 Å². The van der Waals surface area contributed by atoms with Gasteiger partial charge in [0.15, 0.2) is 0 Å². The normalized spacial score (nSPS) is 28.0. The molecule has 1 aliphatic carbocycles. The summed E-state index contributed by atoms with van der Waals surface area (Å²) in [6.45, 7) is 20.4. The molecule has 2 heterocycles. The number of allylic oxidation sites excluding steroid dienone is 2. The second kappa shape index (κ2) is 9.89. The fourth-order valence-electron chi connectivity index (χ4n) is 5.82. The molecule has 0 saturated carbocycles. The molecule has 1 aromatic rings. The van der Waals surface area contributed by atoms with E-state index in [1.807, 2.05) is 11.8 Å². The third-order valence-corrected chi connectivity index (χ3v) is 9.61. The third-order valence-electron chi connectivity index (χ3n) is 8.50. The molecule has 0 bridgehead atoms. The van der Waals surface area contributed by atoms with Gasteiger partial charge < -0.3 is 15.3 Å². The van der Waals surface area contributed by atoms with Crippen molar-refractivity contribution >= 4 is 17.3 Å². The highest BCUT2D eigenvalue weighted by Crippen LogP contribution is 2.46. The SMILES string of the molecule is C=C(S/C=C(\C)c1ccc2c(c1)C(C)(C)CCC2(C)C)C1CCN(C[C@H]2NCC[C@@H]2O)CC1. The van der Waals surface area contributed by atoms with E-state index in [9.17, 15) is 5.11 Å². The van der Waals surface area contributed by atoms with Crippen LogP contribution in [0.4, 0.5) is 0 Å². The number of benzene rings is 1. The maximum atomic E-state index is 10.1. The summed E-state index contributed by atoms with van der Waals surface area (Å²) in [4.78, 5) is 3.81. The molecule has 4 heteroatoms. The van der Waals surface area contributed by atoms with Gasteiger partial charge in [-0.15, -0.1) is 11.8 Å². The predicted octanol–water partition coefficient (Wildman–Crippen LogP) is 6.08. The fourth-order valence-corrected chi connectivity index (χ4v) is 6.71. The molecule has 2 N–H and O–H groups in total. The molecule has 0 radical (unpaired) electrons. The third kappa shape index (κ3) is 5.61. The molecule has 33 heavy (non-hydrogen) atoms. The first-order chi connectivity index (χ1) is 15.6. The molecule has 2 aliphatic heterocycles. The number of nitrogens with one attached hydrogen (secondary N) is 1. The monoisotopic (exact) mass is 468 g/mol. The Balaban J connectivity index is 1.34. The van der Waals surface area contributed by atoms with Crippen LogP contribution in [0.2, 0.25) is 0 Å². The number of rotatable bonds is 6. The fraction of sp³-hybridized carbons (Fsp3) is 0.655. The van der Waals surface area contributed by atoms with E-state index in [2.05, 4.69) is 75.0 Å².